The molecule has 1 aliphatic rings. The van der Waals surface area contributed by atoms with Crippen molar-refractivity contribution in [1.29, 1.82) is 5.26 Å². The summed E-state index contributed by atoms with van der Waals surface area (Å²) in [7, 11) is 0. The van der Waals surface area contributed by atoms with Crippen LogP contribution in [0.25, 0.3) is 0 Å². The van der Waals surface area contributed by atoms with Gasteiger partial charge in [0.05, 0.1) is 6.07 Å². The maximum atomic E-state index is 8.65. The zero-order chi connectivity index (χ0) is 7.61. The van der Waals surface area contributed by atoms with Gasteiger partial charge in [0.15, 0.2) is 0 Å². The Balaban J connectivity index is 2.56. The highest BCUT2D eigenvalue weighted by molar-refractivity contribution is 5.07. The van der Waals surface area contributed by atoms with E-state index in [9.17, 15) is 0 Å². The molecule has 3 N–H and O–H groups in total. The summed E-state index contributed by atoms with van der Waals surface area (Å²) in [5, 5.41) is 11.8. The van der Waals surface area contributed by atoms with Crippen LogP contribution < -0.4 is 11.1 Å². The monoisotopic (exact) mass is 139 g/mol. The van der Waals surface area contributed by atoms with Crippen molar-refractivity contribution in [3.8, 4) is 6.07 Å². The van der Waals surface area contributed by atoms with Gasteiger partial charge in [-0.2, -0.15) is 5.26 Å². The van der Waals surface area contributed by atoms with Crippen molar-refractivity contribution in [3.63, 3.8) is 0 Å². The van der Waals surface area contributed by atoms with Crippen molar-refractivity contribution in [2.24, 2.45) is 11.7 Å². The maximum absolute atomic E-state index is 8.65. The Morgan fingerprint density at radius 2 is 2.50 bits per heavy atom. The second-order valence-corrected chi connectivity index (χ2v) is 3.08. The molecule has 1 aliphatic heterocycles. The summed E-state index contributed by atoms with van der Waals surface area (Å²) in [5.74, 6) is 0.331. The van der Waals surface area contributed by atoms with Crippen LogP contribution in [0, 0.1) is 17.2 Å². The minimum absolute atomic E-state index is 0.331. The Labute approximate surface area is 61.2 Å². The molecule has 1 rings (SSSR count). The number of nitrogens with two attached hydrogens (primary N) is 1. The van der Waals surface area contributed by atoms with Crippen molar-refractivity contribution in [1.82, 2.24) is 5.32 Å². The van der Waals surface area contributed by atoms with Crippen LogP contribution in [0.2, 0.25) is 0 Å². The summed E-state index contributed by atoms with van der Waals surface area (Å²) >= 11 is 0. The van der Waals surface area contributed by atoms with E-state index in [1.165, 1.54) is 0 Å². The van der Waals surface area contributed by atoms with Crippen molar-refractivity contribution in [2.45, 2.75) is 18.9 Å². The van der Waals surface area contributed by atoms with Gasteiger partial charge in [-0.1, -0.05) is 0 Å². The lowest BCUT2D eigenvalue weighted by atomic mass is 9.87. The highest BCUT2D eigenvalue weighted by Gasteiger charge is 2.31. The third kappa shape index (κ3) is 1.28. The molecule has 10 heavy (non-hydrogen) atoms. The molecule has 0 radical (unpaired) electrons. The van der Waals surface area contributed by atoms with Gasteiger partial charge in [-0.15, -0.1) is 0 Å². The second kappa shape index (κ2) is 2.57. The number of nitrogens with zero attached hydrogens (tertiary/aromatic N) is 1. The fourth-order valence-corrected chi connectivity index (χ4v) is 1.26. The van der Waals surface area contributed by atoms with E-state index >= 15 is 0 Å². The summed E-state index contributed by atoms with van der Waals surface area (Å²) in [4.78, 5) is 0. The number of hydrogen-bond acceptors (Lipinski definition) is 3. The number of nitrogens with one attached hydrogen (secondary N) is 1. The van der Waals surface area contributed by atoms with E-state index < -0.39 is 5.54 Å². The standard InChI is InChI=1S/C7H13N3/c1-7(9,5-8)6-2-3-10-4-6/h6,10H,2-4,9H2,1H3. The predicted molar refractivity (Wildman–Crippen MR) is 39.2 cm³/mol. The van der Waals surface area contributed by atoms with E-state index in [0.29, 0.717) is 5.92 Å². The molecule has 0 bridgehead atoms. The fraction of sp³-hybridized carbons (Fsp3) is 0.857. The van der Waals surface area contributed by atoms with Gasteiger partial charge in [0.1, 0.15) is 5.54 Å². The van der Waals surface area contributed by atoms with Gasteiger partial charge in [0, 0.05) is 12.5 Å². The lowest BCUT2D eigenvalue weighted by Crippen LogP contribution is -2.43. The molecule has 0 aromatic rings. The summed E-state index contributed by atoms with van der Waals surface area (Å²) in [5.41, 5.74) is 5.08. The Morgan fingerprint density at radius 3 is 2.90 bits per heavy atom. The van der Waals surface area contributed by atoms with Crippen LogP contribution in [0.1, 0.15) is 13.3 Å². The number of hydrogen-bond donors (Lipinski definition) is 2. The first kappa shape index (κ1) is 7.52. The van der Waals surface area contributed by atoms with E-state index in [-0.39, 0.29) is 0 Å². The van der Waals surface area contributed by atoms with Gasteiger partial charge in [0.2, 0.25) is 0 Å². The lowest BCUT2D eigenvalue weighted by Gasteiger charge is -2.21. The lowest BCUT2D eigenvalue weighted by molar-refractivity contribution is 0.397. The highest BCUT2D eigenvalue weighted by Crippen LogP contribution is 2.19. The predicted octanol–water partition coefficient (Wildman–Crippen LogP) is -0.163. The molecular weight excluding hydrogens is 126 g/mol. The molecular formula is C7H13N3. The summed E-state index contributed by atoms with van der Waals surface area (Å²) in [6.07, 6.45) is 1.03. The Bertz CT molecular complexity index is 151. The molecule has 0 aliphatic carbocycles. The molecule has 1 fully saturated rings. The normalized spacial score (nSPS) is 31.1. The second-order valence-electron chi connectivity index (χ2n) is 3.08. The topological polar surface area (TPSA) is 61.8 Å². The highest BCUT2D eigenvalue weighted by atomic mass is 14.9. The first-order valence-corrected chi connectivity index (χ1v) is 3.57. The van der Waals surface area contributed by atoms with Gasteiger partial charge >= 0.3 is 0 Å². The summed E-state index contributed by atoms with van der Waals surface area (Å²) in [6, 6.07) is 2.12. The average molecular weight is 139 g/mol. The van der Waals surface area contributed by atoms with E-state index in [1.54, 1.807) is 6.92 Å². The molecule has 0 aromatic carbocycles. The van der Waals surface area contributed by atoms with Crippen molar-refractivity contribution in [2.75, 3.05) is 13.1 Å². The van der Waals surface area contributed by atoms with Gasteiger partial charge in [-0.25, -0.2) is 0 Å². The SMILES string of the molecule is CC(N)(C#N)C1CCNC1. The average Bonchev–Trinajstić information content (AvgIpc) is 2.38. The smallest absolute Gasteiger partial charge is 0.105 e. The fourth-order valence-electron chi connectivity index (χ4n) is 1.26. The van der Waals surface area contributed by atoms with E-state index in [0.717, 1.165) is 19.5 Å². The van der Waals surface area contributed by atoms with Gasteiger partial charge < -0.3 is 11.1 Å². The van der Waals surface area contributed by atoms with Gasteiger partial charge in [-0.3, -0.25) is 0 Å². The van der Waals surface area contributed by atoms with Crippen LogP contribution in [-0.2, 0) is 0 Å². The number of nitriles is 1. The van der Waals surface area contributed by atoms with Crippen LogP contribution in [0.15, 0.2) is 0 Å². The first-order chi connectivity index (χ1) is 4.67. The minimum atomic E-state index is -0.635. The molecule has 2 atom stereocenters. The molecule has 0 amide bonds. The van der Waals surface area contributed by atoms with Crippen molar-refractivity contribution in [3.05, 3.63) is 0 Å². The molecule has 1 saturated heterocycles. The Kier molecular flexibility index (Phi) is 1.93. The zero-order valence-corrected chi connectivity index (χ0v) is 6.22. The minimum Gasteiger partial charge on any atom is -0.316 e. The third-order valence-electron chi connectivity index (χ3n) is 2.15. The Morgan fingerprint density at radius 1 is 1.80 bits per heavy atom. The third-order valence-corrected chi connectivity index (χ3v) is 2.15. The van der Waals surface area contributed by atoms with E-state index in [4.69, 9.17) is 11.0 Å². The van der Waals surface area contributed by atoms with E-state index in [2.05, 4.69) is 11.4 Å². The Hall–Kier alpha value is -0.590. The zero-order valence-electron chi connectivity index (χ0n) is 6.22. The molecule has 56 valence electrons. The molecule has 0 saturated carbocycles. The van der Waals surface area contributed by atoms with Gasteiger partial charge in [-0.05, 0) is 19.9 Å². The first-order valence-electron chi connectivity index (χ1n) is 3.57. The molecule has 0 spiro atoms. The largest absolute Gasteiger partial charge is 0.316 e. The van der Waals surface area contributed by atoms with Crippen LogP contribution in [-0.4, -0.2) is 18.6 Å². The molecule has 3 heteroatoms. The van der Waals surface area contributed by atoms with Gasteiger partial charge in [0.25, 0.3) is 0 Å². The molecule has 2 unspecified atom stereocenters. The van der Waals surface area contributed by atoms with Crippen LogP contribution in [0.3, 0.4) is 0 Å². The van der Waals surface area contributed by atoms with Crippen LogP contribution in [0.5, 0.6) is 0 Å². The quantitative estimate of drug-likeness (QED) is 0.530. The summed E-state index contributed by atoms with van der Waals surface area (Å²) < 4.78 is 0. The molecule has 3 nitrogen and oxygen atoms in total. The molecule has 1 heterocycles. The summed E-state index contributed by atoms with van der Waals surface area (Å²) in [6.45, 7) is 3.68. The van der Waals surface area contributed by atoms with Crippen LogP contribution >= 0.6 is 0 Å². The van der Waals surface area contributed by atoms with Crippen LogP contribution in [0.4, 0.5) is 0 Å². The van der Waals surface area contributed by atoms with Crippen molar-refractivity contribution < 1.29 is 0 Å². The molecule has 0 aromatic heterocycles. The maximum Gasteiger partial charge on any atom is 0.105 e. The van der Waals surface area contributed by atoms with E-state index in [1.807, 2.05) is 0 Å². The van der Waals surface area contributed by atoms with Crippen molar-refractivity contribution >= 4 is 0 Å². The number of rotatable bonds is 1.